The maximum absolute atomic E-state index is 12.5. The molecule has 1 aromatic carbocycles. The van der Waals surface area contributed by atoms with E-state index in [-0.39, 0.29) is 25.3 Å². The van der Waals surface area contributed by atoms with Crippen LogP contribution in [-0.2, 0) is 20.8 Å². The topological polar surface area (TPSA) is 133 Å². The van der Waals surface area contributed by atoms with Crippen LogP contribution in [0.2, 0.25) is 0 Å². The van der Waals surface area contributed by atoms with Gasteiger partial charge in [-0.05, 0) is 12.1 Å². The van der Waals surface area contributed by atoms with Crippen LogP contribution in [0, 0.1) is 0 Å². The molecule has 27 heavy (non-hydrogen) atoms. The number of hydrogen-bond acceptors (Lipinski definition) is 6. The van der Waals surface area contributed by atoms with Crippen molar-refractivity contribution in [2.24, 2.45) is 0 Å². The Morgan fingerprint density at radius 3 is 2.67 bits per heavy atom. The summed E-state index contributed by atoms with van der Waals surface area (Å²) in [5, 5.41) is 21.7. The van der Waals surface area contributed by atoms with Crippen LogP contribution in [0.3, 0.4) is 0 Å². The molecule has 2 aromatic rings. The van der Waals surface area contributed by atoms with Gasteiger partial charge in [0, 0.05) is 32.5 Å². The van der Waals surface area contributed by atoms with Gasteiger partial charge in [-0.3, -0.25) is 14.6 Å². The summed E-state index contributed by atoms with van der Waals surface area (Å²) in [5.74, 6) is -2.17. The van der Waals surface area contributed by atoms with Gasteiger partial charge in [0.1, 0.15) is 12.1 Å². The van der Waals surface area contributed by atoms with Gasteiger partial charge in [0.15, 0.2) is 0 Å². The van der Waals surface area contributed by atoms with Crippen LogP contribution in [0.25, 0.3) is 11.0 Å². The molecule has 1 aromatic heterocycles. The number of nitrogens with zero attached hydrogens (tertiary/aromatic N) is 3. The SMILES string of the molecule is CC(=O)N1C[C@H](O)C[C@H]1C(=O)N[C@H](Cc1cnc2ccccc2n1)C(=O)O. The van der Waals surface area contributed by atoms with Gasteiger partial charge < -0.3 is 20.4 Å². The molecule has 1 aliphatic heterocycles. The molecule has 1 saturated heterocycles. The second-order valence-electron chi connectivity index (χ2n) is 6.53. The third-order valence-electron chi connectivity index (χ3n) is 4.51. The summed E-state index contributed by atoms with van der Waals surface area (Å²) in [6.45, 7) is 1.36. The third-order valence-corrected chi connectivity index (χ3v) is 4.51. The average molecular weight is 372 g/mol. The first-order chi connectivity index (χ1) is 12.8. The monoisotopic (exact) mass is 372 g/mol. The van der Waals surface area contributed by atoms with Crippen LogP contribution < -0.4 is 5.32 Å². The molecule has 9 heteroatoms. The predicted octanol–water partition coefficient (Wildman–Crippen LogP) is -0.277. The third kappa shape index (κ3) is 4.20. The molecule has 0 spiro atoms. The van der Waals surface area contributed by atoms with E-state index in [0.717, 1.165) is 0 Å². The minimum absolute atomic E-state index is 0.0474. The number of amides is 2. The van der Waals surface area contributed by atoms with Gasteiger partial charge in [0.25, 0.3) is 0 Å². The Balaban J connectivity index is 1.74. The number of likely N-dealkylation sites (tertiary alicyclic amines) is 1. The average Bonchev–Trinajstić information content (AvgIpc) is 3.03. The van der Waals surface area contributed by atoms with Gasteiger partial charge in [-0.15, -0.1) is 0 Å². The van der Waals surface area contributed by atoms with Gasteiger partial charge >= 0.3 is 5.97 Å². The molecule has 0 unspecified atom stereocenters. The second kappa shape index (κ2) is 7.67. The van der Waals surface area contributed by atoms with Crippen molar-refractivity contribution >= 4 is 28.8 Å². The van der Waals surface area contributed by atoms with Gasteiger partial charge in [-0.2, -0.15) is 0 Å². The number of carbonyl (C=O) groups excluding carboxylic acids is 2. The van der Waals surface area contributed by atoms with E-state index in [0.29, 0.717) is 16.7 Å². The number of carboxylic acid groups (broad SMARTS) is 1. The van der Waals surface area contributed by atoms with Crippen LogP contribution in [-0.4, -0.2) is 67.6 Å². The first-order valence-electron chi connectivity index (χ1n) is 8.54. The lowest BCUT2D eigenvalue weighted by Gasteiger charge is -2.24. The van der Waals surface area contributed by atoms with Crippen molar-refractivity contribution in [1.82, 2.24) is 20.2 Å². The Kier molecular flexibility index (Phi) is 5.31. The zero-order valence-electron chi connectivity index (χ0n) is 14.7. The van der Waals surface area contributed by atoms with E-state index in [2.05, 4.69) is 15.3 Å². The van der Waals surface area contributed by atoms with E-state index < -0.39 is 30.1 Å². The summed E-state index contributed by atoms with van der Waals surface area (Å²) in [5.41, 5.74) is 1.75. The van der Waals surface area contributed by atoms with E-state index in [4.69, 9.17) is 0 Å². The van der Waals surface area contributed by atoms with Crippen molar-refractivity contribution in [3.05, 3.63) is 36.2 Å². The van der Waals surface area contributed by atoms with Crippen LogP contribution in [0.15, 0.2) is 30.5 Å². The van der Waals surface area contributed by atoms with Crippen LogP contribution in [0.5, 0.6) is 0 Å². The molecule has 1 fully saturated rings. The molecule has 3 N–H and O–H groups in total. The van der Waals surface area contributed by atoms with Crippen molar-refractivity contribution < 1.29 is 24.6 Å². The number of aliphatic hydroxyl groups excluding tert-OH is 1. The number of aliphatic hydroxyl groups is 1. The summed E-state index contributed by atoms with van der Waals surface area (Å²) in [6.07, 6.45) is 0.701. The largest absolute Gasteiger partial charge is 0.480 e. The number of carbonyl (C=O) groups is 3. The quantitative estimate of drug-likeness (QED) is 0.658. The minimum atomic E-state index is -1.22. The molecule has 142 valence electrons. The fourth-order valence-corrected chi connectivity index (χ4v) is 3.18. The summed E-state index contributed by atoms with van der Waals surface area (Å²) in [6, 6.07) is 5.09. The number of fused-ring (bicyclic) bond motifs is 1. The molecule has 2 amide bonds. The molecule has 9 nitrogen and oxygen atoms in total. The number of nitrogens with one attached hydrogen (secondary N) is 1. The molecule has 3 atom stereocenters. The molecule has 3 rings (SSSR count). The second-order valence-corrected chi connectivity index (χ2v) is 6.53. The first kappa shape index (κ1) is 18.7. The highest BCUT2D eigenvalue weighted by Gasteiger charge is 2.38. The van der Waals surface area contributed by atoms with Gasteiger partial charge in [-0.1, -0.05) is 12.1 Å². The Morgan fingerprint density at radius 2 is 2.00 bits per heavy atom. The Hall–Kier alpha value is -3.07. The number of rotatable bonds is 5. The Labute approximate surface area is 155 Å². The molecular formula is C18H20N4O5. The highest BCUT2D eigenvalue weighted by Crippen LogP contribution is 2.18. The Morgan fingerprint density at radius 1 is 1.30 bits per heavy atom. The fraction of sp³-hybridized carbons (Fsp3) is 0.389. The lowest BCUT2D eigenvalue weighted by molar-refractivity contribution is -0.143. The number of carboxylic acids is 1. The highest BCUT2D eigenvalue weighted by molar-refractivity contribution is 5.90. The van der Waals surface area contributed by atoms with Crippen molar-refractivity contribution in [3.63, 3.8) is 0 Å². The molecule has 0 saturated carbocycles. The van der Waals surface area contributed by atoms with Crippen molar-refractivity contribution in [3.8, 4) is 0 Å². The number of benzene rings is 1. The minimum Gasteiger partial charge on any atom is -0.480 e. The number of aromatic nitrogens is 2. The summed E-state index contributed by atoms with van der Waals surface area (Å²) in [4.78, 5) is 45.6. The van der Waals surface area contributed by atoms with Crippen LogP contribution in [0.4, 0.5) is 0 Å². The number of β-amino-alcohol motifs (C(OH)–C–C–N with tert-alkyl or cyclic N) is 1. The molecule has 0 bridgehead atoms. The zero-order chi connectivity index (χ0) is 19.6. The van der Waals surface area contributed by atoms with Crippen molar-refractivity contribution in [2.45, 2.75) is 38.0 Å². The lowest BCUT2D eigenvalue weighted by atomic mass is 10.1. The molecule has 0 radical (unpaired) electrons. The van der Waals surface area contributed by atoms with E-state index in [1.54, 1.807) is 18.2 Å². The normalized spacial score (nSPS) is 20.4. The van der Waals surface area contributed by atoms with Gasteiger partial charge in [0.05, 0.1) is 22.8 Å². The van der Waals surface area contributed by atoms with E-state index in [1.807, 2.05) is 6.07 Å². The van der Waals surface area contributed by atoms with Crippen LogP contribution in [0.1, 0.15) is 19.0 Å². The maximum atomic E-state index is 12.5. The maximum Gasteiger partial charge on any atom is 0.326 e. The highest BCUT2D eigenvalue weighted by atomic mass is 16.4. The van der Waals surface area contributed by atoms with E-state index >= 15 is 0 Å². The van der Waals surface area contributed by atoms with E-state index in [1.165, 1.54) is 18.0 Å². The van der Waals surface area contributed by atoms with Crippen molar-refractivity contribution in [1.29, 1.82) is 0 Å². The number of hydrogen-bond donors (Lipinski definition) is 3. The van der Waals surface area contributed by atoms with Gasteiger partial charge in [-0.25, -0.2) is 9.78 Å². The number of para-hydroxylation sites is 2. The molecule has 0 aliphatic carbocycles. The molecule has 1 aliphatic rings. The van der Waals surface area contributed by atoms with E-state index in [9.17, 15) is 24.6 Å². The Bertz CT molecular complexity index is 887. The zero-order valence-corrected chi connectivity index (χ0v) is 14.7. The molecular weight excluding hydrogens is 352 g/mol. The summed E-state index contributed by atoms with van der Waals surface area (Å²) in [7, 11) is 0. The summed E-state index contributed by atoms with van der Waals surface area (Å²) >= 11 is 0. The van der Waals surface area contributed by atoms with Crippen molar-refractivity contribution in [2.75, 3.05) is 6.54 Å². The fourth-order valence-electron chi connectivity index (χ4n) is 3.18. The summed E-state index contributed by atoms with van der Waals surface area (Å²) < 4.78 is 0. The van der Waals surface area contributed by atoms with Gasteiger partial charge in [0.2, 0.25) is 11.8 Å². The number of aliphatic carboxylic acids is 1. The predicted molar refractivity (Wildman–Crippen MR) is 94.6 cm³/mol. The van der Waals surface area contributed by atoms with Crippen LogP contribution >= 0.6 is 0 Å². The molecule has 2 heterocycles. The smallest absolute Gasteiger partial charge is 0.326 e. The lowest BCUT2D eigenvalue weighted by Crippen LogP contribution is -2.51. The first-order valence-corrected chi connectivity index (χ1v) is 8.54. The standard InChI is InChI=1S/C18H20N4O5/c1-10(23)22-9-12(24)7-16(22)17(25)21-15(18(26)27)6-11-8-19-13-4-2-3-5-14(13)20-11/h2-5,8,12,15-16,24H,6-7,9H2,1H3,(H,21,25)(H,26,27)/t12-,15-,16+/m1/s1.